The Bertz CT molecular complexity index is 311. The van der Waals surface area contributed by atoms with Crippen LogP contribution in [0.5, 0.6) is 11.5 Å². The number of hydrogen-bond acceptors (Lipinski definition) is 2. The Kier molecular flexibility index (Phi) is 12.6. The highest BCUT2D eigenvalue weighted by Crippen LogP contribution is 2.39. The number of benzene rings is 1. The summed E-state index contributed by atoms with van der Waals surface area (Å²) < 4.78 is 10.1. The zero-order valence-corrected chi connectivity index (χ0v) is 13.9. The van der Waals surface area contributed by atoms with Crippen molar-refractivity contribution in [3.05, 3.63) is 21.7 Å². The van der Waals surface area contributed by atoms with E-state index in [0.29, 0.717) is 21.5 Å². The second-order valence-corrected chi connectivity index (χ2v) is 4.00. The fraction of sp³-hybridized carbons (Fsp3) is 0.571. The van der Waals surface area contributed by atoms with Crippen LogP contribution in [-0.4, -0.2) is 14.2 Å². The second-order valence-electron chi connectivity index (χ2n) is 3.24. The first-order valence-electron chi connectivity index (χ1n) is 6.09. The van der Waals surface area contributed by atoms with Crippen LogP contribution in [0.2, 0.25) is 10.0 Å². The summed E-state index contributed by atoms with van der Waals surface area (Å²) in [6, 6.07) is 1.66. The van der Waals surface area contributed by atoms with Gasteiger partial charge in [-0.2, -0.15) is 0 Å². The molecule has 0 amide bonds. The molecule has 0 saturated heterocycles. The molecule has 4 heteroatoms. The lowest BCUT2D eigenvalue weighted by Crippen LogP contribution is -1.92. The predicted octanol–water partition coefficient (Wildman–Crippen LogP) is 5.76. The van der Waals surface area contributed by atoms with Gasteiger partial charge in [0.05, 0.1) is 24.3 Å². The Balaban J connectivity index is 0. The van der Waals surface area contributed by atoms with Crippen LogP contribution in [0.25, 0.3) is 0 Å². The van der Waals surface area contributed by atoms with Gasteiger partial charge in [-0.05, 0) is 12.5 Å². The highest BCUT2D eigenvalue weighted by Gasteiger charge is 2.12. The van der Waals surface area contributed by atoms with Crippen molar-refractivity contribution in [2.75, 3.05) is 14.2 Å². The summed E-state index contributed by atoms with van der Waals surface area (Å²) in [6.07, 6.45) is 1.25. The molecule has 18 heavy (non-hydrogen) atoms. The van der Waals surface area contributed by atoms with E-state index in [1.165, 1.54) is 6.42 Å². The monoisotopic (exact) mass is 294 g/mol. The lowest BCUT2D eigenvalue weighted by atomic mass is 10.2. The maximum atomic E-state index is 5.96. The van der Waals surface area contributed by atoms with Gasteiger partial charge in [0.25, 0.3) is 0 Å². The molecular weight excluding hydrogens is 271 g/mol. The summed E-state index contributed by atoms with van der Waals surface area (Å²) in [7, 11) is 3.10. The Labute approximate surface area is 121 Å². The van der Waals surface area contributed by atoms with Crippen LogP contribution in [0.1, 0.15) is 39.7 Å². The number of methoxy groups -OCH3 is 2. The third kappa shape index (κ3) is 5.83. The van der Waals surface area contributed by atoms with Crippen molar-refractivity contribution in [3.63, 3.8) is 0 Å². The lowest BCUT2D eigenvalue weighted by molar-refractivity contribution is 0.394. The molecule has 2 nitrogen and oxygen atoms in total. The molecule has 0 radical (unpaired) electrons. The van der Waals surface area contributed by atoms with E-state index in [4.69, 9.17) is 32.7 Å². The third-order valence-electron chi connectivity index (χ3n) is 1.79. The van der Waals surface area contributed by atoms with Crippen molar-refractivity contribution < 1.29 is 9.47 Å². The normalized spacial score (nSPS) is 8.50. The Morgan fingerprint density at radius 2 is 1.22 bits per heavy atom. The first kappa shape index (κ1) is 19.7. The summed E-state index contributed by atoms with van der Waals surface area (Å²) >= 11 is 11.9. The molecule has 0 bridgehead atoms. The number of rotatable bonds is 2. The molecule has 1 aromatic carbocycles. The highest BCUT2D eigenvalue weighted by atomic mass is 35.5. The van der Waals surface area contributed by atoms with E-state index in [1.54, 1.807) is 20.3 Å². The largest absolute Gasteiger partial charge is 0.495 e. The van der Waals surface area contributed by atoms with E-state index in [0.717, 1.165) is 5.56 Å². The van der Waals surface area contributed by atoms with Crippen molar-refractivity contribution in [2.45, 2.75) is 41.0 Å². The molecule has 0 unspecified atom stereocenters. The molecule has 0 aliphatic rings. The van der Waals surface area contributed by atoms with Gasteiger partial charge in [0.1, 0.15) is 11.5 Å². The summed E-state index contributed by atoms with van der Waals surface area (Å²) in [5.41, 5.74) is 0.763. The number of hydrogen-bond donors (Lipinski definition) is 0. The van der Waals surface area contributed by atoms with Gasteiger partial charge < -0.3 is 9.47 Å². The smallest absolute Gasteiger partial charge is 0.141 e. The number of halogens is 2. The van der Waals surface area contributed by atoms with Gasteiger partial charge in [0.15, 0.2) is 0 Å². The molecule has 0 aromatic heterocycles. The van der Waals surface area contributed by atoms with Crippen molar-refractivity contribution in [3.8, 4) is 11.5 Å². The van der Waals surface area contributed by atoms with Crippen molar-refractivity contribution in [1.82, 2.24) is 0 Å². The Morgan fingerprint density at radius 3 is 1.44 bits per heavy atom. The van der Waals surface area contributed by atoms with E-state index >= 15 is 0 Å². The molecule has 0 heterocycles. The molecule has 0 atom stereocenters. The maximum absolute atomic E-state index is 5.96. The molecule has 1 aromatic rings. The van der Waals surface area contributed by atoms with Crippen LogP contribution in [0, 0.1) is 6.92 Å². The molecule has 0 spiro atoms. The zero-order valence-electron chi connectivity index (χ0n) is 12.4. The molecular formula is C14H24Cl2O2. The summed E-state index contributed by atoms with van der Waals surface area (Å²) in [5.74, 6) is 1.14. The first-order chi connectivity index (χ1) is 8.53. The van der Waals surface area contributed by atoms with Crippen LogP contribution >= 0.6 is 23.2 Å². The molecule has 0 N–H and O–H groups in total. The average Bonchev–Trinajstić information content (AvgIpc) is 2.40. The van der Waals surface area contributed by atoms with Crippen molar-refractivity contribution >= 4 is 23.2 Å². The van der Waals surface area contributed by atoms with Gasteiger partial charge in [-0.1, -0.05) is 57.3 Å². The van der Waals surface area contributed by atoms with Crippen LogP contribution in [0.3, 0.4) is 0 Å². The van der Waals surface area contributed by atoms with Crippen LogP contribution in [0.4, 0.5) is 0 Å². The molecule has 1 rings (SSSR count). The van der Waals surface area contributed by atoms with E-state index in [1.807, 2.05) is 20.8 Å². The quantitative estimate of drug-likeness (QED) is 0.690. The molecule has 106 valence electrons. The second kappa shape index (κ2) is 11.5. The summed E-state index contributed by atoms with van der Waals surface area (Å²) in [5, 5.41) is 1.04. The van der Waals surface area contributed by atoms with Gasteiger partial charge >= 0.3 is 0 Å². The van der Waals surface area contributed by atoms with E-state index < -0.39 is 0 Å². The first-order valence-corrected chi connectivity index (χ1v) is 6.85. The van der Waals surface area contributed by atoms with Gasteiger partial charge in [-0.15, -0.1) is 0 Å². The van der Waals surface area contributed by atoms with Crippen molar-refractivity contribution in [2.24, 2.45) is 0 Å². The fourth-order valence-corrected chi connectivity index (χ4v) is 1.51. The lowest BCUT2D eigenvalue weighted by Gasteiger charge is -2.11. The Hall–Kier alpha value is -0.600. The maximum Gasteiger partial charge on any atom is 0.141 e. The average molecular weight is 295 g/mol. The fourth-order valence-electron chi connectivity index (χ4n) is 1.01. The standard InChI is InChI=1S/C9H10Cl2O2.C3H8.C2H6/c1-5-8(10)6(12-2)4-7(13-3)9(5)11;1-3-2;1-2/h4H,1-3H3;3H2,1-2H3;1-2H3. The van der Waals surface area contributed by atoms with Gasteiger partial charge in [-0.3, -0.25) is 0 Å². The van der Waals surface area contributed by atoms with Crippen LogP contribution in [-0.2, 0) is 0 Å². The van der Waals surface area contributed by atoms with Crippen LogP contribution < -0.4 is 9.47 Å². The van der Waals surface area contributed by atoms with E-state index in [-0.39, 0.29) is 0 Å². The van der Waals surface area contributed by atoms with Crippen LogP contribution in [0.15, 0.2) is 6.07 Å². The third-order valence-corrected chi connectivity index (χ3v) is 2.73. The predicted molar refractivity (Wildman–Crippen MR) is 81.6 cm³/mol. The SMILES string of the molecule is CC.CCC.COc1cc(OC)c(Cl)c(C)c1Cl. The van der Waals surface area contributed by atoms with Crippen molar-refractivity contribution in [1.29, 1.82) is 0 Å². The van der Waals surface area contributed by atoms with Gasteiger partial charge in [0, 0.05) is 6.07 Å². The van der Waals surface area contributed by atoms with Gasteiger partial charge in [0.2, 0.25) is 0 Å². The summed E-state index contributed by atoms with van der Waals surface area (Å²) in [4.78, 5) is 0. The minimum Gasteiger partial charge on any atom is -0.495 e. The van der Waals surface area contributed by atoms with E-state index in [2.05, 4.69) is 13.8 Å². The van der Waals surface area contributed by atoms with Gasteiger partial charge in [-0.25, -0.2) is 0 Å². The molecule has 0 aliphatic carbocycles. The molecule has 0 saturated carbocycles. The zero-order chi connectivity index (χ0) is 14.7. The van der Waals surface area contributed by atoms with E-state index in [9.17, 15) is 0 Å². The topological polar surface area (TPSA) is 18.5 Å². The number of ether oxygens (including phenoxy) is 2. The minimum absolute atomic E-state index is 0.522. The highest BCUT2D eigenvalue weighted by molar-refractivity contribution is 6.37. The molecule has 0 fully saturated rings. The summed E-state index contributed by atoms with van der Waals surface area (Å²) in [6.45, 7) is 10.1. The Morgan fingerprint density at radius 1 is 0.944 bits per heavy atom. The molecule has 0 aliphatic heterocycles. The minimum atomic E-state index is 0.522.